The molecule has 0 radical (unpaired) electrons. The van der Waals surface area contributed by atoms with E-state index in [9.17, 15) is 10.1 Å². The molecule has 0 bridgehead atoms. The van der Waals surface area contributed by atoms with E-state index in [0.717, 1.165) is 30.8 Å². The van der Waals surface area contributed by atoms with Crippen LogP contribution in [0, 0.1) is 10.1 Å². The molecule has 2 aromatic carbocycles. The zero-order valence-corrected chi connectivity index (χ0v) is 14.6. The summed E-state index contributed by atoms with van der Waals surface area (Å²) in [5, 5.41) is 12.9. The molecule has 1 saturated heterocycles. The molecule has 0 saturated carbocycles. The van der Waals surface area contributed by atoms with Crippen molar-refractivity contribution < 1.29 is 15.0 Å². The van der Waals surface area contributed by atoms with Crippen LogP contribution in [0.15, 0.2) is 48.5 Å². The van der Waals surface area contributed by atoms with Crippen LogP contribution in [0.3, 0.4) is 0 Å². The van der Waals surface area contributed by atoms with Crippen LogP contribution in [-0.2, 0) is 4.74 Å². The number of nitro benzene ring substituents is 1. The second-order valence-electron chi connectivity index (χ2n) is 6.13. The van der Waals surface area contributed by atoms with E-state index in [1.165, 1.54) is 17.8 Å². The lowest BCUT2D eigenvalue weighted by Crippen LogP contribution is -2.82. The summed E-state index contributed by atoms with van der Waals surface area (Å²) in [7, 11) is 0. The highest BCUT2D eigenvalue weighted by molar-refractivity contribution is 5.47. The fourth-order valence-electron chi connectivity index (χ4n) is 3.24. The summed E-state index contributed by atoms with van der Waals surface area (Å²) in [5.41, 5.74) is 3.44. The second kappa shape index (κ2) is 7.63. The molecule has 1 aliphatic heterocycles. The zero-order valence-electron chi connectivity index (χ0n) is 14.6. The fourth-order valence-corrected chi connectivity index (χ4v) is 3.24. The Kier molecular flexibility index (Phi) is 5.31. The molecule has 25 heavy (non-hydrogen) atoms. The number of nitrogens with two attached hydrogens (primary N) is 1. The molecule has 2 N–H and O–H groups in total. The number of rotatable bonds is 6. The van der Waals surface area contributed by atoms with E-state index < -0.39 is 0 Å². The van der Waals surface area contributed by atoms with Gasteiger partial charge in [0.15, 0.2) is 0 Å². The molecule has 1 aliphatic rings. The van der Waals surface area contributed by atoms with Crippen molar-refractivity contribution in [3.63, 3.8) is 0 Å². The number of hydrogen-bond acceptors (Lipinski definition) is 4. The summed E-state index contributed by atoms with van der Waals surface area (Å²) in [5.74, 6) is 0. The number of anilines is 1. The van der Waals surface area contributed by atoms with Gasteiger partial charge in [-0.05, 0) is 55.8 Å². The molecule has 1 fully saturated rings. The predicted molar refractivity (Wildman–Crippen MR) is 96.5 cm³/mol. The van der Waals surface area contributed by atoms with Crippen molar-refractivity contribution in [3.05, 3.63) is 69.8 Å². The average Bonchev–Trinajstić information content (AvgIpc) is 3.13. The lowest BCUT2D eigenvalue weighted by Gasteiger charge is -2.21. The third kappa shape index (κ3) is 3.81. The van der Waals surface area contributed by atoms with Gasteiger partial charge in [-0.15, -0.1) is 0 Å². The Morgan fingerprint density at radius 1 is 1.08 bits per heavy atom. The van der Waals surface area contributed by atoms with Crippen molar-refractivity contribution in [2.24, 2.45) is 0 Å². The van der Waals surface area contributed by atoms with E-state index in [0.29, 0.717) is 0 Å². The fraction of sp³-hybridized carbons (Fsp3) is 0.368. The Bertz CT molecular complexity index is 712. The van der Waals surface area contributed by atoms with Crippen LogP contribution in [0.2, 0.25) is 0 Å². The maximum Gasteiger partial charge on any atom is 0.269 e. The molecule has 6 nitrogen and oxygen atoms in total. The molecule has 6 heteroatoms. The Hall–Kier alpha value is -2.44. The first-order chi connectivity index (χ1) is 12.1. The van der Waals surface area contributed by atoms with E-state index in [1.54, 1.807) is 12.1 Å². The average molecular weight is 342 g/mol. The Morgan fingerprint density at radius 3 is 2.24 bits per heavy atom. The highest BCUT2D eigenvalue weighted by Crippen LogP contribution is 2.28. The number of nitro groups is 1. The van der Waals surface area contributed by atoms with Gasteiger partial charge in [-0.2, -0.15) is 0 Å². The van der Waals surface area contributed by atoms with Gasteiger partial charge in [-0.1, -0.05) is 0 Å². The quantitative estimate of drug-likeness (QED) is 0.647. The maximum absolute atomic E-state index is 10.8. The third-order valence-corrected chi connectivity index (χ3v) is 4.70. The smallest absolute Gasteiger partial charge is 0.269 e. The lowest BCUT2D eigenvalue weighted by molar-refractivity contribution is -0.698. The molecule has 0 aromatic heterocycles. The summed E-state index contributed by atoms with van der Waals surface area (Å²) in [6.07, 6.45) is -0.0841. The summed E-state index contributed by atoms with van der Waals surface area (Å²) < 4.78 is 6.15. The van der Waals surface area contributed by atoms with Crippen molar-refractivity contribution in [3.8, 4) is 0 Å². The number of non-ortho nitro benzene ring substituents is 1. The van der Waals surface area contributed by atoms with Crippen LogP contribution >= 0.6 is 0 Å². The van der Waals surface area contributed by atoms with Gasteiger partial charge in [0.05, 0.1) is 4.92 Å². The number of nitrogens with zero attached hydrogens (tertiary/aromatic N) is 2. The van der Waals surface area contributed by atoms with Gasteiger partial charge in [0.25, 0.3) is 5.69 Å². The molecule has 0 spiro atoms. The van der Waals surface area contributed by atoms with Crippen molar-refractivity contribution >= 4 is 11.4 Å². The summed E-state index contributed by atoms with van der Waals surface area (Å²) in [6, 6.07) is 15.1. The normalized spacial score (nSPS) is 19.8. The van der Waals surface area contributed by atoms with Gasteiger partial charge in [-0.3, -0.25) is 10.1 Å². The van der Waals surface area contributed by atoms with Crippen molar-refractivity contribution in [2.75, 3.05) is 24.5 Å². The van der Waals surface area contributed by atoms with E-state index in [-0.39, 0.29) is 22.9 Å². The highest BCUT2D eigenvalue weighted by atomic mass is 16.6. The number of ether oxygens (including phenoxy) is 1. The molecular weight excluding hydrogens is 318 g/mol. The van der Waals surface area contributed by atoms with Crippen molar-refractivity contribution in [2.45, 2.75) is 26.2 Å². The van der Waals surface area contributed by atoms with E-state index in [1.807, 2.05) is 0 Å². The lowest BCUT2D eigenvalue weighted by atomic mass is 10.1. The Morgan fingerprint density at radius 2 is 1.68 bits per heavy atom. The second-order valence-corrected chi connectivity index (χ2v) is 6.13. The topological polar surface area (TPSA) is 72.2 Å². The third-order valence-electron chi connectivity index (χ3n) is 4.70. The predicted octanol–water partition coefficient (Wildman–Crippen LogP) is 2.77. The van der Waals surface area contributed by atoms with Gasteiger partial charge in [0.1, 0.15) is 12.6 Å². The number of benzene rings is 2. The maximum atomic E-state index is 10.8. The van der Waals surface area contributed by atoms with Crippen LogP contribution in [0.5, 0.6) is 0 Å². The SMILES string of the molecule is CCN(CC)c1ccc([C@@H]2[NH2+]C[C@@H](c3ccc([N+](=O)[O-])cc3)O2)cc1. The molecule has 2 atom stereocenters. The van der Waals surface area contributed by atoms with Gasteiger partial charge in [0, 0.05) is 36.5 Å². The summed E-state index contributed by atoms with van der Waals surface area (Å²) in [6.45, 7) is 7.09. The Labute approximate surface area is 147 Å². The summed E-state index contributed by atoms with van der Waals surface area (Å²) in [4.78, 5) is 12.7. The molecule has 1 heterocycles. The van der Waals surface area contributed by atoms with Crippen LogP contribution < -0.4 is 10.2 Å². The zero-order chi connectivity index (χ0) is 17.8. The van der Waals surface area contributed by atoms with Crippen LogP contribution in [0.1, 0.15) is 37.3 Å². The molecule has 2 aromatic rings. The number of quaternary nitrogens is 1. The first-order valence-electron chi connectivity index (χ1n) is 8.70. The minimum atomic E-state index is -0.383. The Balaban J connectivity index is 1.67. The molecule has 132 valence electrons. The van der Waals surface area contributed by atoms with Crippen molar-refractivity contribution in [1.82, 2.24) is 0 Å². The first kappa shape index (κ1) is 17.4. The minimum absolute atomic E-state index is 0.0362. The summed E-state index contributed by atoms with van der Waals surface area (Å²) >= 11 is 0. The van der Waals surface area contributed by atoms with Gasteiger partial charge < -0.3 is 15.0 Å². The van der Waals surface area contributed by atoms with Gasteiger partial charge in [-0.25, -0.2) is 0 Å². The van der Waals surface area contributed by atoms with E-state index >= 15 is 0 Å². The molecule has 0 aliphatic carbocycles. The molecule has 3 rings (SSSR count). The van der Waals surface area contributed by atoms with Crippen LogP contribution in [-0.4, -0.2) is 24.6 Å². The van der Waals surface area contributed by atoms with Crippen LogP contribution in [0.25, 0.3) is 0 Å². The molecule has 0 unspecified atom stereocenters. The molecular formula is C19H24N3O3+. The van der Waals surface area contributed by atoms with Gasteiger partial charge >= 0.3 is 0 Å². The first-order valence-corrected chi connectivity index (χ1v) is 8.70. The van der Waals surface area contributed by atoms with Crippen LogP contribution in [0.4, 0.5) is 11.4 Å². The standard InChI is InChI=1S/C19H23N3O3/c1-3-21(4-2)16-9-7-15(8-10-16)19-20-13-18(25-19)14-5-11-17(12-6-14)22(23)24/h5-12,18-20H,3-4,13H2,1-2H3/p+1/t18-,19+/m0/s1. The largest absolute Gasteiger partial charge is 0.372 e. The highest BCUT2D eigenvalue weighted by Gasteiger charge is 2.31. The van der Waals surface area contributed by atoms with Gasteiger partial charge in [0.2, 0.25) is 6.23 Å². The number of hydrogen-bond donors (Lipinski definition) is 1. The van der Waals surface area contributed by atoms with Crippen molar-refractivity contribution in [1.29, 1.82) is 0 Å². The molecule has 0 amide bonds. The van der Waals surface area contributed by atoms with E-state index in [4.69, 9.17) is 4.74 Å². The monoisotopic (exact) mass is 342 g/mol. The minimum Gasteiger partial charge on any atom is -0.372 e. The van der Waals surface area contributed by atoms with E-state index in [2.05, 4.69) is 48.3 Å².